The minimum atomic E-state index is -0.912. The number of aromatic hydroxyl groups is 4. The molecule has 0 aliphatic heterocycles. The number of benzene rings is 2. The number of thiazole rings is 4. The van der Waals surface area contributed by atoms with Crippen molar-refractivity contribution in [2.75, 3.05) is 26.4 Å². The van der Waals surface area contributed by atoms with Crippen LogP contribution in [0.2, 0.25) is 0 Å². The molecule has 114 heavy (non-hydrogen) atoms. The van der Waals surface area contributed by atoms with Gasteiger partial charge in [0.25, 0.3) is 11.8 Å². The smallest absolute Gasteiger partial charge is 0.335 e. The van der Waals surface area contributed by atoms with E-state index in [0.29, 0.717) is 54.6 Å². The van der Waals surface area contributed by atoms with E-state index in [2.05, 4.69) is 63.7 Å². The lowest BCUT2D eigenvalue weighted by atomic mass is 10.1. The van der Waals surface area contributed by atoms with Gasteiger partial charge in [-0.3, -0.25) is 34.7 Å². The summed E-state index contributed by atoms with van der Waals surface area (Å²) in [4.78, 5) is 82.8. The van der Waals surface area contributed by atoms with Gasteiger partial charge in [-0.1, -0.05) is 72.7 Å². The highest BCUT2D eigenvalue weighted by Crippen LogP contribution is 2.20. The third-order valence-electron chi connectivity index (χ3n) is 13.1. The summed E-state index contributed by atoms with van der Waals surface area (Å²) >= 11 is 5.86. The van der Waals surface area contributed by atoms with Crippen LogP contribution in [-0.4, -0.2) is 136 Å². The largest absolute Gasteiger partial charge is 0.494 e. The third kappa shape index (κ3) is 48.3. The summed E-state index contributed by atoms with van der Waals surface area (Å²) in [7, 11) is 0. The van der Waals surface area contributed by atoms with Crippen molar-refractivity contribution >= 4 is 69.1 Å². The molecule has 0 fully saturated rings. The number of hydrogen-bond acceptors (Lipinski definition) is 29. The first-order valence-corrected chi connectivity index (χ1v) is 39.4. The Morgan fingerprint density at radius 2 is 1.06 bits per heavy atom. The lowest BCUT2D eigenvalue weighted by molar-refractivity contribution is 0.0685. The van der Waals surface area contributed by atoms with E-state index in [0.717, 1.165) is 124 Å². The third-order valence-corrected chi connectivity index (χ3v) is 16.6. The Kier molecular flexibility index (Phi) is 54.8. The van der Waals surface area contributed by atoms with Gasteiger partial charge in [0.1, 0.15) is 24.0 Å². The summed E-state index contributed by atoms with van der Waals surface area (Å²) < 4.78 is 31.1. The van der Waals surface area contributed by atoms with Crippen LogP contribution in [0.1, 0.15) is 181 Å². The Morgan fingerprint density at radius 3 is 1.45 bits per heavy atom. The first-order chi connectivity index (χ1) is 54.7. The summed E-state index contributed by atoms with van der Waals surface area (Å²) in [6, 6.07) is 27.5. The predicted molar refractivity (Wildman–Crippen MR) is 442 cm³/mol. The molecule has 10 N–H and O–H groups in total. The van der Waals surface area contributed by atoms with Crippen LogP contribution in [0.3, 0.4) is 0 Å². The number of amides is 2. The van der Waals surface area contributed by atoms with Crippen LogP contribution in [0, 0.1) is 48.5 Å². The summed E-state index contributed by atoms with van der Waals surface area (Å²) in [6.07, 6.45) is 20.1. The highest BCUT2D eigenvalue weighted by molar-refractivity contribution is 7.10. The minimum absolute atomic E-state index is 0.127. The van der Waals surface area contributed by atoms with Crippen LogP contribution >= 0.6 is 45.3 Å². The zero-order valence-electron chi connectivity index (χ0n) is 66.8. The standard InChI is InChI=1S/C11H14O3.C10H13NO3.C9H13NO.C8H11NO.C7H8N2O.C7H7NO2.C6H9NO.2C5H7NOS.C5H7NO.2C4H5NOS/c1-2-6-14-8-9-4-3-5-10(7-9)11(12)13;1-2-6-14-9-5-3-4-8(7-9)10(12)11-13;1-2-6-11-8-9-4-3-5-10-7-9;1-2-6-10-8-4-3-5-9-7-8;1-5-6(7(8)10)3-2-4-9-5;1-5-4-6(7(9)10)2-3-8-5;1-3-6-7-5(2)4-8-6;1-2-5-6-4(7)3-8-5;1-2-4-5(7)6-3-8-4;1-4-3-7-5(2)6-4;1-3-4(6)5-2-7-3;1-3-5-4(6)2-7-3/h3-5,7H,2,6,8H2,1H3,(H,12,13);3-5,7,13H,2,6H2,1H3,(H,11,12);3-5,7H,2,6,8H2,1H3;3-5,7H,2,6H2,1H3;2-4H,1H3,(H2,8,10);2-4H,1H3,(H,9,10);4H,3H2,1-2H3;2*3,7H,2H2,1H3;3H,1-2H3;2*2,6H,1H3. The molecule has 12 aromatic rings. The summed E-state index contributed by atoms with van der Waals surface area (Å²) in [5.41, 5.74) is 16.7. The Hall–Kier alpha value is -11.5. The number of aromatic carboxylic acids is 2. The van der Waals surface area contributed by atoms with Crippen molar-refractivity contribution in [1.82, 2.24) is 55.3 Å². The number of hydrogen-bond donors (Lipinski definition) is 9. The molecule has 616 valence electrons. The van der Waals surface area contributed by atoms with Crippen molar-refractivity contribution in [3.8, 4) is 35.0 Å². The molecule has 10 aromatic heterocycles. The number of carbonyl (C=O) groups excluding carboxylic acids is 2. The maximum absolute atomic E-state index is 11.0. The average Bonchev–Trinajstić information content (AvgIpc) is 1.64. The number of carboxylic acid groups (broad SMARTS) is 2. The van der Waals surface area contributed by atoms with Crippen molar-refractivity contribution < 1.29 is 82.8 Å². The van der Waals surface area contributed by atoms with E-state index in [-0.39, 0.29) is 29.1 Å². The molecule has 0 saturated carbocycles. The molecule has 2 aromatic carbocycles. The highest BCUT2D eigenvalue weighted by Gasteiger charge is 2.07. The summed E-state index contributed by atoms with van der Waals surface area (Å²) in [5.74, 6) is 0.888. The van der Waals surface area contributed by atoms with E-state index in [1.54, 1.807) is 133 Å². The molecule has 29 nitrogen and oxygen atoms in total. The van der Waals surface area contributed by atoms with Gasteiger partial charge in [-0.2, -0.15) is 0 Å². The maximum atomic E-state index is 11.0. The van der Waals surface area contributed by atoms with E-state index < -0.39 is 23.8 Å². The molecular formula is C81H106N12O17S4. The van der Waals surface area contributed by atoms with Gasteiger partial charge in [0.05, 0.1) is 102 Å². The first-order valence-electron chi connectivity index (χ1n) is 35.9. The van der Waals surface area contributed by atoms with Crippen molar-refractivity contribution in [2.45, 2.75) is 155 Å². The molecule has 0 aliphatic carbocycles. The Labute approximate surface area is 681 Å². The molecule has 0 aliphatic rings. The number of nitrogens with zero attached hydrogens (tertiary/aromatic N) is 10. The van der Waals surface area contributed by atoms with E-state index >= 15 is 0 Å². The number of oxazole rings is 2. The number of nitrogens with two attached hydrogens (primary N) is 1. The second-order valence-corrected chi connectivity index (χ2v) is 26.9. The Morgan fingerprint density at radius 1 is 0.500 bits per heavy atom. The summed E-state index contributed by atoms with van der Waals surface area (Å²) in [5, 5.41) is 65.5. The topological polar surface area (TPSA) is 440 Å². The minimum Gasteiger partial charge on any atom is -0.494 e. The molecule has 0 unspecified atom stereocenters. The molecule has 0 bridgehead atoms. The molecule has 0 atom stereocenters. The van der Waals surface area contributed by atoms with Crippen LogP contribution in [-0.2, 0) is 41.9 Å². The monoisotopic (exact) mass is 1650 g/mol. The number of nitrogens with one attached hydrogen (secondary N) is 1. The highest BCUT2D eigenvalue weighted by atomic mass is 32.1. The average molecular weight is 1650 g/mol. The van der Waals surface area contributed by atoms with Crippen LogP contribution < -0.4 is 20.7 Å². The van der Waals surface area contributed by atoms with E-state index in [9.17, 15) is 19.2 Å². The number of ether oxygens (including phenoxy) is 4. The molecule has 2 amide bonds. The molecule has 33 heteroatoms. The van der Waals surface area contributed by atoms with Gasteiger partial charge < -0.3 is 64.2 Å². The predicted octanol–water partition coefficient (Wildman–Crippen LogP) is 17.3. The van der Waals surface area contributed by atoms with Gasteiger partial charge in [0, 0.05) is 74.5 Å². The van der Waals surface area contributed by atoms with Crippen molar-refractivity contribution in [2.24, 2.45) is 5.73 Å². The zero-order chi connectivity index (χ0) is 84.9. The number of primary amides is 1. The van der Waals surface area contributed by atoms with E-state index in [1.807, 2.05) is 106 Å². The molecule has 10 heterocycles. The number of aromatic nitrogens is 10. The first kappa shape index (κ1) is 101. The fourth-order valence-electron chi connectivity index (χ4n) is 7.69. The van der Waals surface area contributed by atoms with Crippen molar-refractivity contribution in [1.29, 1.82) is 0 Å². The number of carboxylic acids is 2. The number of pyridine rings is 4. The SMILES string of the molecule is CCCOCc1cccc(C(=O)O)c1.CCCOCc1cccnc1.CCCOc1cccc(C(=O)NO)c1.CCCOc1cccnc1.CCc1nc(C)co1.CCc1nc(O)cs1.CCc1scnc1O.Cc1cc(C(=O)O)ccn1.Cc1coc(C)n1.Cc1nc(O)cs1.Cc1ncccc1C(N)=O.Cc1scnc1O. The van der Waals surface area contributed by atoms with Crippen LogP contribution in [0.4, 0.5) is 0 Å². The molecular weight excluding hydrogens is 1540 g/mol. The molecule has 0 spiro atoms. The summed E-state index contributed by atoms with van der Waals surface area (Å²) in [6.45, 7) is 31.2. The lowest BCUT2D eigenvalue weighted by Gasteiger charge is -2.05. The van der Waals surface area contributed by atoms with Crippen LogP contribution in [0.5, 0.6) is 35.0 Å². The number of aryl methyl sites for hydroxylation is 10. The fraction of sp³-hybridized carbons (Fsp3) is 0.333. The number of carbonyl (C=O) groups is 4. The second-order valence-electron chi connectivity index (χ2n) is 22.9. The molecule has 12 rings (SSSR count). The second kappa shape index (κ2) is 62.1. The van der Waals surface area contributed by atoms with E-state index in [1.165, 1.54) is 63.7 Å². The van der Waals surface area contributed by atoms with Gasteiger partial charge in [-0.25, -0.2) is 45.0 Å². The van der Waals surface area contributed by atoms with Gasteiger partial charge in [0.15, 0.2) is 11.8 Å². The van der Waals surface area contributed by atoms with Crippen LogP contribution in [0.25, 0.3) is 0 Å². The van der Waals surface area contributed by atoms with Gasteiger partial charge in [-0.05, 0) is 164 Å². The van der Waals surface area contributed by atoms with E-state index in [4.69, 9.17) is 69.4 Å². The van der Waals surface area contributed by atoms with Crippen molar-refractivity contribution in [3.63, 3.8) is 0 Å². The molecule has 0 saturated heterocycles. The fourth-order valence-corrected chi connectivity index (χ4v) is 9.85. The lowest BCUT2D eigenvalue weighted by Crippen LogP contribution is -2.18. The maximum Gasteiger partial charge on any atom is 0.335 e. The number of rotatable bonds is 21. The quantitative estimate of drug-likeness (QED) is 0.0183. The molecule has 0 radical (unpaired) electrons. The van der Waals surface area contributed by atoms with Gasteiger partial charge in [-0.15, -0.1) is 45.3 Å². The van der Waals surface area contributed by atoms with Crippen molar-refractivity contribution in [3.05, 3.63) is 256 Å². The van der Waals surface area contributed by atoms with Gasteiger partial charge in [0.2, 0.25) is 23.5 Å². The van der Waals surface area contributed by atoms with Gasteiger partial charge >= 0.3 is 11.9 Å². The Bertz CT molecular complexity index is 4370. The normalized spacial score (nSPS) is 9.57. The van der Waals surface area contributed by atoms with Crippen LogP contribution in [0.15, 0.2) is 177 Å². The Balaban J connectivity index is 0.000000626. The zero-order valence-corrected chi connectivity index (χ0v) is 70.0. The number of hydroxylamine groups is 1.